The number of hydrogen-bond donors (Lipinski definition) is 0. The molecule has 134 valence electrons. The standard InChI is InChI=1S/C20H44OSi/c1-6-11-15-19(10-5,16-12-7-2)20(21-22,17-13-8-3)18-14-9-4/h6-18H2,1-5,22H3. The number of hydrogen-bond acceptors (Lipinski definition) is 1. The lowest BCUT2D eigenvalue weighted by atomic mass is 9.61. The van der Waals surface area contributed by atoms with Gasteiger partial charge in [-0.25, -0.2) is 0 Å². The number of rotatable bonds is 15. The van der Waals surface area contributed by atoms with Crippen LogP contribution in [0.25, 0.3) is 0 Å². The maximum atomic E-state index is 6.53. The van der Waals surface area contributed by atoms with E-state index in [1.807, 2.05) is 0 Å². The fourth-order valence-electron chi connectivity index (χ4n) is 4.29. The van der Waals surface area contributed by atoms with Crippen molar-refractivity contribution >= 4 is 10.5 Å². The molecule has 0 atom stereocenters. The van der Waals surface area contributed by atoms with Crippen LogP contribution in [0.15, 0.2) is 0 Å². The van der Waals surface area contributed by atoms with Crippen LogP contribution >= 0.6 is 0 Å². The Bertz CT molecular complexity index is 210. The summed E-state index contributed by atoms with van der Waals surface area (Å²) in [6, 6.07) is 0. The monoisotopic (exact) mass is 328 g/mol. The Hall–Kier alpha value is 0.177. The predicted octanol–water partition coefficient (Wildman–Crippen LogP) is 6.18. The predicted molar refractivity (Wildman–Crippen MR) is 105 cm³/mol. The average molecular weight is 329 g/mol. The van der Waals surface area contributed by atoms with Gasteiger partial charge in [-0.1, -0.05) is 86.0 Å². The second-order valence-electron chi connectivity index (χ2n) is 7.25. The molecule has 0 fully saturated rings. The van der Waals surface area contributed by atoms with Gasteiger partial charge in [0.15, 0.2) is 0 Å². The molecule has 2 heteroatoms. The van der Waals surface area contributed by atoms with E-state index in [1.54, 1.807) is 0 Å². The summed E-state index contributed by atoms with van der Waals surface area (Å²) >= 11 is 0. The molecule has 0 aliphatic rings. The molecule has 0 aromatic heterocycles. The Kier molecular flexibility index (Phi) is 12.7. The molecule has 0 aliphatic heterocycles. The first kappa shape index (κ1) is 22.2. The van der Waals surface area contributed by atoms with Gasteiger partial charge >= 0.3 is 0 Å². The van der Waals surface area contributed by atoms with Crippen molar-refractivity contribution in [3.8, 4) is 0 Å². The Balaban J connectivity index is 5.51. The van der Waals surface area contributed by atoms with Gasteiger partial charge in [0.25, 0.3) is 0 Å². The van der Waals surface area contributed by atoms with Gasteiger partial charge in [0.05, 0.1) is 5.60 Å². The lowest BCUT2D eigenvalue weighted by Crippen LogP contribution is -2.50. The van der Waals surface area contributed by atoms with Gasteiger partial charge in [0, 0.05) is 0 Å². The van der Waals surface area contributed by atoms with Gasteiger partial charge in [-0.2, -0.15) is 0 Å². The van der Waals surface area contributed by atoms with Crippen molar-refractivity contribution in [2.45, 2.75) is 124 Å². The summed E-state index contributed by atoms with van der Waals surface area (Å²) in [6.45, 7) is 11.7. The van der Waals surface area contributed by atoms with Crippen LogP contribution in [0.3, 0.4) is 0 Å². The Morgan fingerprint density at radius 3 is 1.27 bits per heavy atom. The normalized spacial score (nSPS) is 13.0. The third-order valence-corrected chi connectivity index (χ3v) is 6.70. The van der Waals surface area contributed by atoms with Crippen molar-refractivity contribution in [3.05, 3.63) is 0 Å². The molecule has 0 radical (unpaired) electrons. The quantitative estimate of drug-likeness (QED) is 0.326. The second kappa shape index (κ2) is 12.6. The zero-order valence-corrected chi connectivity index (χ0v) is 18.6. The van der Waals surface area contributed by atoms with Gasteiger partial charge < -0.3 is 4.43 Å². The van der Waals surface area contributed by atoms with Crippen molar-refractivity contribution < 1.29 is 4.43 Å². The molecular weight excluding hydrogens is 284 g/mol. The molecule has 0 amide bonds. The molecule has 0 unspecified atom stereocenters. The minimum Gasteiger partial charge on any atom is -0.422 e. The Morgan fingerprint density at radius 1 is 0.636 bits per heavy atom. The highest BCUT2D eigenvalue weighted by molar-refractivity contribution is 5.98. The fraction of sp³-hybridized carbons (Fsp3) is 1.00. The van der Waals surface area contributed by atoms with Gasteiger partial charge in [-0.15, -0.1) is 0 Å². The van der Waals surface area contributed by atoms with E-state index in [2.05, 4.69) is 34.6 Å². The van der Waals surface area contributed by atoms with Crippen molar-refractivity contribution in [2.24, 2.45) is 5.41 Å². The van der Waals surface area contributed by atoms with Crippen LogP contribution in [-0.2, 0) is 4.43 Å². The van der Waals surface area contributed by atoms with E-state index in [0.717, 1.165) is 10.5 Å². The number of unbranched alkanes of at least 4 members (excludes halogenated alkanes) is 4. The van der Waals surface area contributed by atoms with E-state index in [-0.39, 0.29) is 5.60 Å². The van der Waals surface area contributed by atoms with Crippen LogP contribution in [0.5, 0.6) is 0 Å². The topological polar surface area (TPSA) is 9.23 Å². The molecule has 0 saturated heterocycles. The van der Waals surface area contributed by atoms with Gasteiger partial charge in [0.1, 0.15) is 10.5 Å². The molecule has 0 spiro atoms. The minimum absolute atomic E-state index is 0.171. The molecule has 1 nitrogen and oxygen atoms in total. The summed E-state index contributed by atoms with van der Waals surface area (Å²) in [6.07, 6.45) is 17.2. The van der Waals surface area contributed by atoms with Crippen LogP contribution in [0, 0.1) is 5.41 Å². The van der Waals surface area contributed by atoms with Gasteiger partial charge in [-0.3, -0.25) is 0 Å². The largest absolute Gasteiger partial charge is 0.422 e. The molecule has 0 aromatic carbocycles. The summed E-state index contributed by atoms with van der Waals surface area (Å²) in [7, 11) is 0.882. The Morgan fingerprint density at radius 2 is 1.00 bits per heavy atom. The van der Waals surface area contributed by atoms with Gasteiger partial charge in [-0.05, 0) is 37.5 Å². The molecule has 22 heavy (non-hydrogen) atoms. The summed E-state index contributed by atoms with van der Waals surface area (Å²) in [5, 5.41) is 0. The molecule has 0 heterocycles. The minimum atomic E-state index is 0.171. The molecule has 0 aliphatic carbocycles. The van der Waals surface area contributed by atoms with E-state index < -0.39 is 0 Å². The van der Waals surface area contributed by atoms with Crippen molar-refractivity contribution in [1.82, 2.24) is 0 Å². The molecule has 0 rings (SSSR count). The van der Waals surface area contributed by atoms with Gasteiger partial charge in [0.2, 0.25) is 0 Å². The first-order valence-corrected chi connectivity index (χ1v) is 11.0. The first-order valence-electron chi connectivity index (χ1n) is 10.2. The zero-order valence-electron chi connectivity index (χ0n) is 16.6. The van der Waals surface area contributed by atoms with Crippen LogP contribution < -0.4 is 0 Å². The SMILES string of the molecule is CCCCC(CC)(CCCC)C(CCCC)(CCCC)O[SiH3]. The summed E-state index contributed by atoms with van der Waals surface area (Å²) in [5.41, 5.74) is 0.593. The third-order valence-electron chi connectivity index (χ3n) is 5.92. The highest BCUT2D eigenvalue weighted by atomic mass is 28.2. The van der Waals surface area contributed by atoms with Crippen LogP contribution in [0.1, 0.15) is 118 Å². The highest BCUT2D eigenvalue weighted by Crippen LogP contribution is 2.51. The summed E-state index contributed by atoms with van der Waals surface area (Å²) in [5.74, 6) is 0. The van der Waals surface area contributed by atoms with E-state index in [4.69, 9.17) is 4.43 Å². The lowest BCUT2D eigenvalue weighted by Gasteiger charge is -2.51. The van der Waals surface area contributed by atoms with E-state index in [9.17, 15) is 0 Å². The molecule has 0 aromatic rings. The Labute approximate surface area is 144 Å². The van der Waals surface area contributed by atoms with E-state index in [0.29, 0.717) is 5.41 Å². The third kappa shape index (κ3) is 6.00. The smallest absolute Gasteiger partial charge is 0.146 e. The zero-order chi connectivity index (χ0) is 16.9. The second-order valence-corrected chi connectivity index (χ2v) is 7.65. The molecular formula is C20H44OSi. The van der Waals surface area contributed by atoms with Crippen molar-refractivity contribution in [2.75, 3.05) is 0 Å². The lowest BCUT2D eigenvalue weighted by molar-refractivity contribution is -0.0890. The average Bonchev–Trinajstić information content (AvgIpc) is 2.56. The van der Waals surface area contributed by atoms with Crippen LogP contribution in [0.2, 0.25) is 0 Å². The summed E-state index contributed by atoms with van der Waals surface area (Å²) in [4.78, 5) is 0. The maximum absolute atomic E-state index is 6.53. The molecule has 0 N–H and O–H groups in total. The summed E-state index contributed by atoms with van der Waals surface area (Å²) < 4.78 is 6.53. The molecule has 0 bridgehead atoms. The maximum Gasteiger partial charge on any atom is 0.146 e. The fourth-order valence-corrected chi connectivity index (χ4v) is 5.13. The van der Waals surface area contributed by atoms with Crippen LogP contribution in [-0.4, -0.2) is 16.1 Å². The molecule has 0 saturated carbocycles. The van der Waals surface area contributed by atoms with E-state index >= 15 is 0 Å². The first-order chi connectivity index (χ1) is 10.6. The van der Waals surface area contributed by atoms with Crippen molar-refractivity contribution in [1.29, 1.82) is 0 Å². The highest BCUT2D eigenvalue weighted by Gasteiger charge is 2.47. The van der Waals surface area contributed by atoms with Crippen molar-refractivity contribution in [3.63, 3.8) is 0 Å². The van der Waals surface area contributed by atoms with Crippen LogP contribution in [0.4, 0.5) is 0 Å². The van der Waals surface area contributed by atoms with E-state index in [1.165, 1.54) is 83.5 Å².